The number of aryl methyl sites for hydroxylation is 1. The Morgan fingerprint density at radius 2 is 2.08 bits per heavy atom. The molecule has 0 bridgehead atoms. The van der Waals surface area contributed by atoms with Crippen LogP contribution in [-0.4, -0.2) is 40.9 Å². The van der Waals surface area contributed by atoms with Gasteiger partial charge in [0.1, 0.15) is 11.6 Å². The summed E-state index contributed by atoms with van der Waals surface area (Å²) in [6.07, 6.45) is 0. The molecule has 0 atom stereocenters. The Balaban J connectivity index is 1.93. The van der Waals surface area contributed by atoms with Crippen LogP contribution in [-0.2, 0) is 16.1 Å². The van der Waals surface area contributed by atoms with Crippen molar-refractivity contribution in [3.63, 3.8) is 0 Å². The van der Waals surface area contributed by atoms with Crippen molar-refractivity contribution in [3.05, 3.63) is 46.4 Å². The van der Waals surface area contributed by atoms with Gasteiger partial charge < -0.3 is 10.1 Å². The van der Waals surface area contributed by atoms with Gasteiger partial charge in [0, 0.05) is 19.2 Å². The summed E-state index contributed by atoms with van der Waals surface area (Å²) in [5.74, 6) is -0.288. The first-order valence-corrected chi connectivity index (χ1v) is 8.61. The Hall–Kier alpha value is -2.58. The maximum absolute atomic E-state index is 12.6. The minimum atomic E-state index is -0.360. The zero-order valence-electron chi connectivity index (χ0n) is 14.0. The molecule has 0 unspecified atom stereocenters. The van der Waals surface area contributed by atoms with E-state index in [9.17, 15) is 9.59 Å². The highest BCUT2D eigenvalue weighted by Crippen LogP contribution is 2.29. The van der Waals surface area contributed by atoms with Crippen LogP contribution in [0, 0.1) is 6.92 Å². The molecule has 0 aliphatic heterocycles. The van der Waals surface area contributed by atoms with Crippen LogP contribution in [0.15, 0.2) is 35.1 Å². The lowest BCUT2D eigenvalue weighted by Gasteiger charge is -2.07. The number of thiazole rings is 1. The standard InChI is InChI=1S/C17H18N4O3S/c1-11-15-14(19-16(25-15)12-6-4-3-5-7-12)17(23)21(20-11)10-13(22)18-8-9-24-2/h3-7H,8-10H2,1-2H3,(H,18,22). The summed E-state index contributed by atoms with van der Waals surface area (Å²) in [5, 5.41) is 7.70. The van der Waals surface area contributed by atoms with E-state index in [0.717, 1.165) is 20.0 Å². The molecule has 2 aromatic heterocycles. The van der Waals surface area contributed by atoms with Crippen molar-refractivity contribution in [1.29, 1.82) is 0 Å². The van der Waals surface area contributed by atoms with Gasteiger partial charge in [-0.2, -0.15) is 5.10 Å². The number of hydrogen-bond acceptors (Lipinski definition) is 6. The second-order valence-corrected chi connectivity index (χ2v) is 6.45. The Bertz CT molecular complexity index is 950. The number of hydrogen-bond donors (Lipinski definition) is 1. The average molecular weight is 358 g/mol. The maximum Gasteiger partial charge on any atom is 0.294 e. The van der Waals surface area contributed by atoms with Gasteiger partial charge in [-0.1, -0.05) is 30.3 Å². The summed E-state index contributed by atoms with van der Waals surface area (Å²) in [4.78, 5) is 29.0. The second kappa shape index (κ2) is 7.54. The van der Waals surface area contributed by atoms with Gasteiger partial charge in [-0.15, -0.1) is 11.3 Å². The smallest absolute Gasteiger partial charge is 0.294 e. The number of rotatable bonds is 6. The number of amides is 1. The number of nitrogens with zero attached hydrogens (tertiary/aromatic N) is 3. The van der Waals surface area contributed by atoms with Gasteiger partial charge in [-0.25, -0.2) is 9.67 Å². The third-order valence-corrected chi connectivity index (χ3v) is 4.82. The number of nitrogens with one attached hydrogen (secondary N) is 1. The monoisotopic (exact) mass is 358 g/mol. The predicted molar refractivity (Wildman–Crippen MR) is 96.7 cm³/mol. The number of ether oxygens (including phenoxy) is 1. The summed E-state index contributed by atoms with van der Waals surface area (Å²) in [5.41, 5.74) is 1.62. The molecule has 130 valence electrons. The van der Waals surface area contributed by atoms with Gasteiger partial charge in [0.15, 0.2) is 5.52 Å². The number of carbonyl (C=O) groups is 1. The zero-order valence-corrected chi connectivity index (χ0v) is 14.8. The minimum Gasteiger partial charge on any atom is -0.383 e. The lowest BCUT2D eigenvalue weighted by atomic mass is 10.2. The van der Waals surface area contributed by atoms with Crippen molar-refractivity contribution in [2.75, 3.05) is 20.3 Å². The molecule has 1 aromatic carbocycles. The molecule has 1 N–H and O–H groups in total. The first kappa shape index (κ1) is 17.2. The molecule has 0 radical (unpaired) electrons. The average Bonchev–Trinajstić information content (AvgIpc) is 3.07. The SMILES string of the molecule is COCCNC(=O)Cn1nc(C)c2sc(-c3ccccc3)nc2c1=O. The fourth-order valence-corrected chi connectivity index (χ4v) is 3.40. The Morgan fingerprint density at radius 3 is 2.80 bits per heavy atom. The Kier molecular flexibility index (Phi) is 5.20. The summed E-state index contributed by atoms with van der Waals surface area (Å²) < 4.78 is 6.79. The lowest BCUT2D eigenvalue weighted by molar-refractivity contribution is -0.122. The first-order valence-electron chi connectivity index (χ1n) is 7.79. The van der Waals surface area contributed by atoms with E-state index in [-0.39, 0.29) is 18.0 Å². The summed E-state index contributed by atoms with van der Waals surface area (Å²) in [7, 11) is 1.56. The van der Waals surface area contributed by atoms with E-state index in [1.807, 2.05) is 37.3 Å². The zero-order chi connectivity index (χ0) is 17.8. The molecule has 7 nitrogen and oxygen atoms in total. The van der Waals surface area contributed by atoms with E-state index in [0.29, 0.717) is 24.4 Å². The Labute approximate surface area is 148 Å². The summed E-state index contributed by atoms with van der Waals surface area (Å²) in [6.45, 7) is 2.48. The van der Waals surface area contributed by atoms with Crippen LogP contribution in [0.3, 0.4) is 0 Å². The molecule has 0 aliphatic rings. The van der Waals surface area contributed by atoms with E-state index in [1.165, 1.54) is 11.3 Å². The maximum atomic E-state index is 12.6. The number of fused-ring (bicyclic) bond motifs is 1. The van der Waals surface area contributed by atoms with E-state index in [4.69, 9.17) is 4.74 Å². The lowest BCUT2D eigenvalue weighted by Crippen LogP contribution is -2.35. The van der Waals surface area contributed by atoms with Crippen molar-refractivity contribution in [1.82, 2.24) is 20.1 Å². The fourth-order valence-electron chi connectivity index (χ4n) is 2.40. The fraction of sp³-hybridized carbons (Fsp3) is 0.294. The van der Waals surface area contributed by atoms with Gasteiger partial charge in [0.25, 0.3) is 5.56 Å². The molecule has 8 heteroatoms. The quantitative estimate of drug-likeness (QED) is 0.676. The first-order chi connectivity index (χ1) is 12.1. The minimum absolute atomic E-state index is 0.141. The number of aromatic nitrogens is 3. The second-order valence-electron chi connectivity index (χ2n) is 5.45. The predicted octanol–water partition coefficient (Wildman–Crippen LogP) is 1.59. The van der Waals surface area contributed by atoms with Crippen LogP contribution >= 0.6 is 11.3 Å². The highest BCUT2D eigenvalue weighted by molar-refractivity contribution is 7.21. The van der Waals surface area contributed by atoms with E-state index in [2.05, 4.69) is 15.4 Å². The van der Waals surface area contributed by atoms with Crippen LogP contribution in [0.5, 0.6) is 0 Å². The Morgan fingerprint density at radius 1 is 1.32 bits per heavy atom. The molecule has 25 heavy (non-hydrogen) atoms. The molecular weight excluding hydrogens is 340 g/mol. The molecule has 1 amide bonds. The molecule has 0 saturated carbocycles. The molecule has 0 fully saturated rings. The largest absolute Gasteiger partial charge is 0.383 e. The molecule has 0 spiro atoms. The van der Waals surface area contributed by atoms with Crippen LogP contribution < -0.4 is 10.9 Å². The van der Waals surface area contributed by atoms with Gasteiger partial charge >= 0.3 is 0 Å². The van der Waals surface area contributed by atoms with E-state index in [1.54, 1.807) is 7.11 Å². The highest BCUT2D eigenvalue weighted by atomic mass is 32.1. The van der Waals surface area contributed by atoms with Crippen molar-refractivity contribution in [3.8, 4) is 10.6 Å². The van der Waals surface area contributed by atoms with Crippen LogP contribution in [0.4, 0.5) is 0 Å². The molecule has 3 rings (SSSR count). The van der Waals surface area contributed by atoms with E-state index < -0.39 is 0 Å². The van der Waals surface area contributed by atoms with Gasteiger partial charge in [0.2, 0.25) is 5.91 Å². The topological polar surface area (TPSA) is 86.1 Å². The van der Waals surface area contributed by atoms with Crippen molar-refractivity contribution in [2.24, 2.45) is 0 Å². The van der Waals surface area contributed by atoms with Gasteiger partial charge in [0.05, 0.1) is 17.0 Å². The summed E-state index contributed by atoms with van der Waals surface area (Å²) >= 11 is 1.43. The van der Waals surface area contributed by atoms with Gasteiger partial charge in [-0.05, 0) is 6.92 Å². The van der Waals surface area contributed by atoms with Gasteiger partial charge in [-0.3, -0.25) is 9.59 Å². The molecule has 2 heterocycles. The molecule has 0 aliphatic carbocycles. The van der Waals surface area contributed by atoms with Crippen LogP contribution in [0.1, 0.15) is 5.69 Å². The van der Waals surface area contributed by atoms with E-state index >= 15 is 0 Å². The molecule has 3 aromatic rings. The number of carbonyl (C=O) groups excluding carboxylic acids is 1. The van der Waals surface area contributed by atoms with Crippen molar-refractivity contribution >= 4 is 27.5 Å². The van der Waals surface area contributed by atoms with Crippen molar-refractivity contribution in [2.45, 2.75) is 13.5 Å². The molecular formula is C17H18N4O3S. The summed E-state index contributed by atoms with van der Waals surface area (Å²) in [6, 6.07) is 9.67. The number of methoxy groups -OCH3 is 1. The highest BCUT2D eigenvalue weighted by Gasteiger charge is 2.16. The van der Waals surface area contributed by atoms with Crippen LogP contribution in [0.2, 0.25) is 0 Å². The third kappa shape index (κ3) is 3.75. The van der Waals surface area contributed by atoms with Crippen molar-refractivity contribution < 1.29 is 9.53 Å². The molecule has 0 saturated heterocycles. The number of benzene rings is 1. The third-order valence-electron chi connectivity index (χ3n) is 3.61. The van der Waals surface area contributed by atoms with Crippen LogP contribution in [0.25, 0.3) is 20.8 Å². The normalized spacial score (nSPS) is 11.0.